The van der Waals surface area contributed by atoms with Crippen LogP contribution in [-0.2, 0) is 20.9 Å². The van der Waals surface area contributed by atoms with E-state index in [2.05, 4.69) is 11.1 Å². The van der Waals surface area contributed by atoms with Gasteiger partial charge in [0.2, 0.25) is 5.91 Å². The molecule has 2 aliphatic heterocycles. The highest BCUT2D eigenvalue weighted by molar-refractivity contribution is 5.93. The fraction of sp³-hybridized carbons (Fsp3) is 0.619. The van der Waals surface area contributed by atoms with E-state index >= 15 is 0 Å². The molecule has 3 heterocycles. The molecular formula is C21H28N2O3. The minimum absolute atomic E-state index is 0.216. The third-order valence-corrected chi connectivity index (χ3v) is 5.94. The molecule has 26 heavy (non-hydrogen) atoms. The summed E-state index contributed by atoms with van der Waals surface area (Å²) < 4.78 is 11.8. The van der Waals surface area contributed by atoms with E-state index < -0.39 is 0 Å². The second-order valence-electron chi connectivity index (χ2n) is 7.68. The lowest BCUT2D eigenvalue weighted by atomic mass is 9.91. The van der Waals surface area contributed by atoms with Gasteiger partial charge in [-0.1, -0.05) is 6.08 Å². The maximum absolute atomic E-state index is 12.7. The molecule has 0 N–H and O–H groups in total. The van der Waals surface area contributed by atoms with Crippen molar-refractivity contribution in [3.05, 3.63) is 41.7 Å². The average Bonchev–Trinajstić information content (AvgIpc) is 3.27. The molecule has 0 bridgehead atoms. The Kier molecular flexibility index (Phi) is 5.65. The van der Waals surface area contributed by atoms with Crippen LogP contribution in [0.2, 0.25) is 0 Å². The summed E-state index contributed by atoms with van der Waals surface area (Å²) in [5.74, 6) is 1.21. The van der Waals surface area contributed by atoms with E-state index in [9.17, 15) is 4.79 Å². The summed E-state index contributed by atoms with van der Waals surface area (Å²) in [7, 11) is 0. The molecule has 0 aromatic carbocycles. The molecule has 140 valence electrons. The second-order valence-corrected chi connectivity index (χ2v) is 7.68. The van der Waals surface area contributed by atoms with Crippen LogP contribution < -0.4 is 0 Å². The van der Waals surface area contributed by atoms with Crippen LogP contribution in [0.3, 0.4) is 0 Å². The molecular weight excluding hydrogens is 328 g/mol. The molecule has 5 nitrogen and oxygen atoms in total. The summed E-state index contributed by atoms with van der Waals surface area (Å²) in [5.41, 5.74) is 2.17. The van der Waals surface area contributed by atoms with E-state index in [0.29, 0.717) is 18.4 Å². The molecule has 3 aliphatic rings. The number of amides is 1. The monoisotopic (exact) mass is 356 g/mol. The van der Waals surface area contributed by atoms with Gasteiger partial charge >= 0.3 is 0 Å². The molecule has 0 unspecified atom stereocenters. The van der Waals surface area contributed by atoms with Crippen molar-refractivity contribution < 1.29 is 14.3 Å². The molecule has 1 amide bonds. The minimum atomic E-state index is 0.216. The summed E-state index contributed by atoms with van der Waals surface area (Å²) in [6, 6.07) is 3.96. The van der Waals surface area contributed by atoms with Crippen molar-refractivity contribution in [3.8, 4) is 0 Å². The zero-order valence-corrected chi connectivity index (χ0v) is 15.3. The lowest BCUT2D eigenvalue weighted by Gasteiger charge is -2.22. The summed E-state index contributed by atoms with van der Waals surface area (Å²) in [4.78, 5) is 18.8. The van der Waals surface area contributed by atoms with Crippen molar-refractivity contribution >= 4 is 5.91 Å². The average molecular weight is 356 g/mol. The van der Waals surface area contributed by atoms with Crippen LogP contribution in [0.25, 0.3) is 0 Å². The van der Waals surface area contributed by atoms with E-state index in [-0.39, 0.29) is 12.0 Å². The van der Waals surface area contributed by atoms with Crippen LogP contribution in [0.15, 0.2) is 36.2 Å². The van der Waals surface area contributed by atoms with Crippen LogP contribution in [0, 0.1) is 11.8 Å². The molecule has 2 saturated heterocycles. The number of rotatable bonds is 6. The molecule has 1 aliphatic carbocycles. The van der Waals surface area contributed by atoms with E-state index in [0.717, 1.165) is 63.1 Å². The standard InChI is InChI=1S/C21H28N2O3/c24-21(17-4-2-1-3-5-17)23-12-19-18(15-26-20(19)13-23)8-11-25-14-16-6-9-22-10-7-16/h4,6-7,9-10,18-20H,1-3,5,8,11-15H2/t18-,19-,20-/m0/s1. The molecule has 5 heteroatoms. The number of likely N-dealkylation sites (tertiary alicyclic amines) is 1. The molecule has 4 rings (SSSR count). The number of carbonyl (C=O) groups is 1. The van der Waals surface area contributed by atoms with Crippen molar-refractivity contribution in [2.45, 2.75) is 44.8 Å². The third kappa shape index (κ3) is 3.99. The first kappa shape index (κ1) is 17.7. The first-order valence-corrected chi connectivity index (χ1v) is 9.88. The summed E-state index contributed by atoms with van der Waals surface area (Å²) in [5, 5.41) is 0. The molecule has 1 aromatic heterocycles. The summed E-state index contributed by atoms with van der Waals surface area (Å²) >= 11 is 0. The van der Waals surface area contributed by atoms with Gasteiger partial charge in [0.25, 0.3) is 0 Å². The van der Waals surface area contributed by atoms with Crippen molar-refractivity contribution in [2.24, 2.45) is 11.8 Å². The molecule has 0 spiro atoms. The van der Waals surface area contributed by atoms with Gasteiger partial charge in [-0.3, -0.25) is 9.78 Å². The maximum atomic E-state index is 12.7. The SMILES string of the molecule is O=C(C1=CCCCC1)N1C[C@H]2[C@@H](CCOCc3ccncc3)CO[C@H]2C1. The Morgan fingerprint density at radius 3 is 2.96 bits per heavy atom. The molecule has 0 saturated carbocycles. The van der Waals surface area contributed by atoms with E-state index in [4.69, 9.17) is 9.47 Å². The van der Waals surface area contributed by atoms with Gasteiger partial charge in [-0.2, -0.15) is 0 Å². The Hall–Kier alpha value is -1.72. The van der Waals surface area contributed by atoms with Crippen LogP contribution in [0.5, 0.6) is 0 Å². The van der Waals surface area contributed by atoms with E-state index in [1.807, 2.05) is 17.0 Å². The highest BCUT2D eigenvalue weighted by atomic mass is 16.5. The predicted molar refractivity (Wildman–Crippen MR) is 98.4 cm³/mol. The fourth-order valence-electron chi connectivity index (χ4n) is 4.40. The van der Waals surface area contributed by atoms with Gasteiger partial charge in [-0.05, 0) is 55.7 Å². The maximum Gasteiger partial charge on any atom is 0.249 e. The molecule has 3 atom stereocenters. The van der Waals surface area contributed by atoms with Crippen LogP contribution in [0.1, 0.15) is 37.7 Å². The number of hydrogen-bond acceptors (Lipinski definition) is 4. The topological polar surface area (TPSA) is 51.7 Å². The van der Waals surface area contributed by atoms with Gasteiger partial charge in [-0.15, -0.1) is 0 Å². The summed E-state index contributed by atoms with van der Waals surface area (Å²) in [6.07, 6.45) is 11.3. The molecule has 1 aromatic rings. The Morgan fingerprint density at radius 1 is 1.27 bits per heavy atom. The van der Waals surface area contributed by atoms with Crippen LogP contribution >= 0.6 is 0 Å². The lowest BCUT2D eigenvalue weighted by molar-refractivity contribution is -0.127. The predicted octanol–water partition coefficient (Wildman–Crippen LogP) is 2.96. The number of carbonyl (C=O) groups excluding carboxylic acids is 1. The summed E-state index contributed by atoms with van der Waals surface area (Å²) in [6.45, 7) is 3.77. The fourth-order valence-corrected chi connectivity index (χ4v) is 4.40. The highest BCUT2D eigenvalue weighted by Gasteiger charge is 2.45. The van der Waals surface area contributed by atoms with Crippen molar-refractivity contribution in [1.29, 1.82) is 0 Å². The Balaban J connectivity index is 1.24. The smallest absolute Gasteiger partial charge is 0.249 e. The minimum Gasteiger partial charge on any atom is -0.377 e. The number of nitrogens with zero attached hydrogens (tertiary/aromatic N) is 2. The number of fused-ring (bicyclic) bond motifs is 1. The zero-order chi connectivity index (χ0) is 17.8. The first-order valence-electron chi connectivity index (χ1n) is 9.88. The zero-order valence-electron chi connectivity index (χ0n) is 15.3. The Bertz CT molecular complexity index is 646. The van der Waals surface area contributed by atoms with Crippen molar-refractivity contribution in [3.63, 3.8) is 0 Å². The van der Waals surface area contributed by atoms with Gasteiger partial charge in [0.05, 0.1) is 19.3 Å². The first-order chi connectivity index (χ1) is 12.8. The van der Waals surface area contributed by atoms with E-state index in [1.165, 1.54) is 6.42 Å². The molecule has 0 radical (unpaired) electrons. The highest BCUT2D eigenvalue weighted by Crippen LogP contribution is 2.36. The van der Waals surface area contributed by atoms with Crippen molar-refractivity contribution in [1.82, 2.24) is 9.88 Å². The third-order valence-electron chi connectivity index (χ3n) is 5.94. The Labute approximate surface area is 155 Å². The van der Waals surface area contributed by atoms with Crippen LogP contribution in [0.4, 0.5) is 0 Å². The van der Waals surface area contributed by atoms with Crippen LogP contribution in [-0.4, -0.2) is 48.2 Å². The van der Waals surface area contributed by atoms with Gasteiger partial charge in [-0.25, -0.2) is 0 Å². The largest absolute Gasteiger partial charge is 0.377 e. The normalized spacial score (nSPS) is 28.1. The second kappa shape index (κ2) is 8.31. The van der Waals surface area contributed by atoms with Gasteiger partial charge in [0, 0.05) is 43.6 Å². The molecule has 2 fully saturated rings. The number of pyridine rings is 1. The quantitative estimate of drug-likeness (QED) is 0.736. The number of allylic oxidation sites excluding steroid dienone is 1. The van der Waals surface area contributed by atoms with Gasteiger partial charge in [0.1, 0.15) is 0 Å². The number of ether oxygens (including phenoxy) is 2. The van der Waals surface area contributed by atoms with Gasteiger partial charge in [0.15, 0.2) is 0 Å². The van der Waals surface area contributed by atoms with E-state index in [1.54, 1.807) is 12.4 Å². The number of aromatic nitrogens is 1. The van der Waals surface area contributed by atoms with Gasteiger partial charge < -0.3 is 14.4 Å². The lowest BCUT2D eigenvalue weighted by Crippen LogP contribution is -2.32. The van der Waals surface area contributed by atoms with Crippen molar-refractivity contribution in [2.75, 3.05) is 26.3 Å². The Morgan fingerprint density at radius 2 is 2.15 bits per heavy atom. The number of hydrogen-bond donors (Lipinski definition) is 0.